The first-order valence-corrected chi connectivity index (χ1v) is 12.7. The fourth-order valence-corrected chi connectivity index (χ4v) is 6.42. The Morgan fingerprint density at radius 1 is 1.16 bits per heavy atom. The molecule has 2 N–H and O–H groups in total. The van der Waals surface area contributed by atoms with Crippen molar-refractivity contribution < 1.29 is 13.5 Å². The highest BCUT2D eigenvalue weighted by molar-refractivity contribution is 7.93. The third-order valence-electron chi connectivity index (χ3n) is 6.34. The molecule has 2 aromatic carbocycles. The fraction of sp³-hybridized carbons (Fsp3) is 0.458. The summed E-state index contributed by atoms with van der Waals surface area (Å²) in [5, 5.41) is 13.6. The van der Waals surface area contributed by atoms with Crippen LogP contribution in [0.15, 0.2) is 46.3 Å². The smallest absolute Gasteiger partial charge is 0.264 e. The second kappa shape index (κ2) is 9.50. The Bertz CT molecular complexity index is 1090. The molecule has 0 aliphatic carbocycles. The topological polar surface area (TPSA) is 85.2 Å². The molecule has 0 amide bonds. The summed E-state index contributed by atoms with van der Waals surface area (Å²) < 4.78 is 28.9. The summed E-state index contributed by atoms with van der Waals surface area (Å²) in [5.41, 5.74) is 2.56. The molecule has 0 spiro atoms. The number of para-hydroxylation sites is 1. The van der Waals surface area contributed by atoms with Gasteiger partial charge in [0.15, 0.2) is 0 Å². The number of nitrogens with one attached hydrogen (secondary N) is 1. The maximum Gasteiger partial charge on any atom is 0.264 e. The van der Waals surface area contributed by atoms with Gasteiger partial charge in [-0.1, -0.05) is 24.6 Å². The van der Waals surface area contributed by atoms with E-state index in [-0.39, 0.29) is 23.1 Å². The number of aromatic hydroxyl groups is 1. The molecule has 7 nitrogen and oxygen atoms in total. The normalized spacial score (nSPS) is 18.4. The molecule has 2 heterocycles. The zero-order valence-electron chi connectivity index (χ0n) is 18.8. The second-order valence-corrected chi connectivity index (χ2v) is 10.4. The molecule has 2 aliphatic rings. The van der Waals surface area contributed by atoms with Gasteiger partial charge in [-0.25, -0.2) is 8.42 Å². The zero-order chi connectivity index (χ0) is 22.7. The van der Waals surface area contributed by atoms with Gasteiger partial charge in [0.1, 0.15) is 11.4 Å². The molecule has 4 rings (SSSR count). The molecule has 0 bridgehead atoms. The first-order chi connectivity index (χ1) is 15.4. The molecular formula is C24H32N4O3S. The molecule has 8 heteroatoms. The minimum atomic E-state index is -3.86. The number of anilines is 2. The summed E-state index contributed by atoms with van der Waals surface area (Å²) in [5.74, 6) is -0.0236. The molecule has 1 fully saturated rings. The van der Waals surface area contributed by atoms with Gasteiger partial charge in [0.25, 0.3) is 10.0 Å². The SMILES string of the molecule is CN=CC(CN1CCCCC1)c1ccc(C)c(S(=O)(=O)N2CCNc3cccc(O)c32)c1. The summed E-state index contributed by atoms with van der Waals surface area (Å²) in [6.07, 6.45) is 5.60. The van der Waals surface area contributed by atoms with Crippen molar-refractivity contribution in [3.8, 4) is 5.75 Å². The average molecular weight is 457 g/mol. The van der Waals surface area contributed by atoms with E-state index in [1.54, 1.807) is 25.2 Å². The Labute approximate surface area is 190 Å². The predicted octanol–water partition coefficient (Wildman–Crippen LogP) is 3.59. The van der Waals surface area contributed by atoms with Crippen LogP contribution in [0.5, 0.6) is 5.75 Å². The van der Waals surface area contributed by atoms with Gasteiger partial charge in [-0.15, -0.1) is 0 Å². The number of aliphatic imine (C=N–C) groups is 1. The van der Waals surface area contributed by atoms with E-state index < -0.39 is 10.0 Å². The summed E-state index contributed by atoms with van der Waals surface area (Å²) >= 11 is 0. The van der Waals surface area contributed by atoms with Crippen LogP contribution >= 0.6 is 0 Å². The lowest BCUT2D eigenvalue weighted by molar-refractivity contribution is 0.227. The van der Waals surface area contributed by atoms with Crippen LogP contribution in [0.1, 0.15) is 36.3 Å². The third kappa shape index (κ3) is 4.47. The van der Waals surface area contributed by atoms with E-state index in [9.17, 15) is 13.5 Å². The zero-order valence-corrected chi connectivity index (χ0v) is 19.6. The third-order valence-corrected chi connectivity index (χ3v) is 8.28. The maximum atomic E-state index is 13.8. The summed E-state index contributed by atoms with van der Waals surface area (Å²) in [4.78, 5) is 6.99. The van der Waals surface area contributed by atoms with Gasteiger partial charge in [0, 0.05) is 32.3 Å². The lowest BCUT2D eigenvalue weighted by atomic mass is 9.97. The molecule has 1 unspecified atom stereocenters. The van der Waals surface area contributed by atoms with Gasteiger partial charge >= 0.3 is 0 Å². The number of phenols is 1. The van der Waals surface area contributed by atoms with Gasteiger partial charge in [-0.3, -0.25) is 4.31 Å². The summed E-state index contributed by atoms with van der Waals surface area (Å²) in [7, 11) is -2.10. The highest BCUT2D eigenvalue weighted by atomic mass is 32.2. The Hall–Kier alpha value is -2.58. The molecule has 0 aromatic heterocycles. The minimum absolute atomic E-state index is 0.0244. The van der Waals surface area contributed by atoms with Crippen molar-refractivity contribution >= 4 is 27.6 Å². The van der Waals surface area contributed by atoms with Crippen LogP contribution in [-0.2, 0) is 10.0 Å². The molecular weight excluding hydrogens is 424 g/mol. The number of sulfonamides is 1. The van der Waals surface area contributed by atoms with Crippen molar-refractivity contribution in [2.45, 2.75) is 37.0 Å². The number of piperidine rings is 1. The maximum absolute atomic E-state index is 13.8. The number of aryl methyl sites for hydroxylation is 1. The van der Waals surface area contributed by atoms with Gasteiger partial charge in [0.2, 0.25) is 0 Å². The minimum Gasteiger partial charge on any atom is -0.506 e. The Balaban J connectivity index is 1.71. The van der Waals surface area contributed by atoms with Crippen LogP contribution in [0.2, 0.25) is 0 Å². The number of phenolic OH excluding ortho intramolecular Hbond substituents is 1. The van der Waals surface area contributed by atoms with Crippen LogP contribution in [0.4, 0.5) is 11.4 Å². The van der Waals surface area contributed by atoms with E-state index in [0.717, 1.165) is 25.2 Å². The molecule has 2 aliphatic heterocycles. The van der Waals surface area contributed by atoms with Crippen molar-refractivity contribution in [3.05, 3.63) is 47.5 Å². The number of benzene rings is 2. The number of hydrogen-bond donors (Lipinski definition) is 2. The van der Waals surface area contributed by atoms with Crippen molar-refractivity contribution in [3.63, 3.8) is 0 Å². The van der Waals surface area contributed by atoms with Crippen LogP contribution < -0.4 is 9.62 Å². The largest absolute Gasteiger partial charge is 0.506 e. The van der Waals surface area contributed by atoms with E-state index in [1.165, 1.54) is 29.6 Å². The first kappa shape index (κ1) is 22.6. The standard InChI is InChI=1S/C24H32N4O3S/c1-18-9-10-19(20(16-25-2)17-27-12-4-3-5-13-27)15-23(18)32(30,31)28-14-11-26-21-7-6-8-22(29)24(21)28/h6-10,15-16,20,26,29H,3-5,11-14,17H2,1-2H3. The Morgan fingerprint density at radius 2 is 1.94 bits per heavy atom. The van der Waals surface area contributed by atoms with E-state index >= 15 is 0 Å². The van der Waals surface area contributed by atoms with Gasteiger partial charge in [-0.2, -0.15) is 0 Å². The number of likely N-dealkylation sites (tertiary alicyclic amines) is 1. The highest BCUT2D eigenvalue weighted by Crippen LogP contribution is 2.40. The van der Waals surface area contributed by atoms with Crippen molar-refractivity contribution in [1.82, 2.24) is 4.90 Å². The van der Waals surface area contributed by atoms with E-state index in [1.807, 2.05) is 25.3 Å². The predicted molar refractivity (Wildman–Crippen MR) is 130 cm³/mol. The number of nitrogens with zero attached hydrogens (tertiary/aromatic N) is 3. The molecule has 32 heavy (non-hydrogen) atoms. The van der Waals surface area contributed by atoms with Crippen LogP contribution in [0.3, 0.4) is 0 Å². The van der Waals surface area contributed by atoms with E-state index in [4.69, 9.17) is 0 Å². The van der Waals surface area contributed by atoms with E-state index in [2.05, 4.69) is 15.2 Å². The van der Waals surface area contributed by atoms with Crippen molar-refractivity contribution in [1.29, 1.82) is 0 Å². The Morgan fingerprint density at radius 3 is 2.69 bits per heavy atom. The van der Waals surface area contributed by atoms with Crippen LogP contribution in [0.25, 0.3) is 0 Å². The quantitative estimate of drug-likeness (QED) is 0.649. The summed E-state index contributed by atoms with van der Waals surface area (Å²) in [6.45, 7) is 5.53. The highest BCUT2D eigenvalue weighted by Gasteiger charge is 2.33. The van der Waals surface area contributed by atoms with Crippen molar-refractivity contribution in [2.24, 2.45) is 4.99 Å². The molecule has 0 saturated carbocycles. The van der Waals surface area contributed by atoms with Gasteiger partial charge in [-0.05, 0) is 62.2 Å². The monoisotopic (exact) mass is 456 g/mol. The Kier molecular flexibility index (Phi) is 6.71. The second-order valence-electron chi connectivity index (χ2n) is 8.58. The molecule has 172 valence electrons. The number of hydrogen-bond acceptors (Lipinski definition) is 6. The fourth-order valence-electron chi connectivity index (χ4n) is 4.66. The molecule has 1 atom stereocenters. The molecule has 2 aromatic rings. The van der Waals surface area contributed by atoms with Crippen LogP contribution in [0, 0.1) is 6.92 Å². The van der Waals surface area contributed by atoms with Crippen molar-refractivity contribution in [2.75, 3.05) is 49.4 Å². The summed E-state index contributed by atoms with van der Waals surface area (Å²) in [6, 6.07) is 10.7. The first-order valence-electron chi connectivity index (χ1n) is 11.3. The molecule has 1 saturated heterocycles. The average Bonchev–Trinajstić information content (AvgIpc) is 2.79. The lowest BCUT2D eigenvalue weighted by Gasteiger charge is -2.32. The van der Waals surface area contributed by atoms with Gasteiger partial charge < -0.3 is 20.3 Å². The lowest BCUT2D eigenvalue weighted by Crippen LogP contribution is -2.39. The van der Waals surface area contributed by atoms with E-state index in [0.29, 0.717) is 23.5 Å². The van der Waals surface area contributed by atoms with Crippen LogP contribution in [-0.4, -0.2) is 64.4 Å². The van der Waals surface area contributed by atoms with Gasteiger partial charge in [0.05, 0.1) is 17.1 Å². The number of fused-ring (bicyclic) bond motifs is 1. The number of rotatable bonds is 6. The molecule has 0 radical (unpaired) electrons.